The molecule has 0 heterocycles. The third-order valence-electron chi connectivity index (χ3n) is 9.05. The van der Waals surface area contributed by atoms with Crippen LogP contribution in [0.4, 0.5) is 0 Å². The zero-order chi connectivity index (χ0) is 34.1. The van der Waals surface area contributed by atoms with Gasteiger partial charge in [0.15, 0.2) is 0 Å². The van der Waals surface area contributed by atoms with Crippen molar-refractivity contribution in [2.45, 2.75) is 219 Å². The minimum Gasteiger partial charge on any atom is -0.463 e. The molecule has 0 saturated carbocycles. The fourth-order valence-electron chi connectivity index (χ4n) is 5.98. The lowest BCUT2D eigenvalue weighted by Gasteiger charge is -2.04. The highest BCUT2D eigenvalue weighted by Crippen LogP contribution is 2.15. The van der Waals surface area contributed by atoms with Gasteiger partial charge in [0, 0.05) is 12.2 Å². The fraction of sp³-hybridized carbons (Fsp3) is 0.857. The number of carbonyl (C=O) groups excluding carboxylic acids is 2. The Hall–Kier alpha value is -1.23. The quantitative estimate of drug-likeness (QED) is 0.0369. The van der Waals surface area contributed by atoms with Crippen molar-refractivity contribution in [1.82, 2.24) is 0 Å². The van der Waals surface area contributed by atoms with Gasteiger partial charge in [0.2, 0.25) is 0 Å². The van der Waals surface area contributed by atoms with E-state index < -0.39 is 0 Å². The van der Waals surface area contributed by atoms with Crippen LogP contribution in [0.1, 0.15) is 219 Å². The fourth-order valence-corrected chi connectivity index (χ4v) is 6.45. The number of rotatable bonds is 38. The molecule has 0 bridgehead atoms. The first-order valence-electron chi connectivity index (χ1n) is 20.5. The summed E-state index contributed by atoms with van der Waals surface area (Å²) in [5.74, 6) is -0.643. The van der Waals surface area contributed by atoms with Crippen LogP contribution in [0.2, 0.25) is 0 Å². The Morgan fingerprint density at radius 2 is 0.574 bits per heavy atom. The molecule has 0 aliphatic rings. The van der Waals surface area contributed by atoms with Crippen molar-refractivity contribution in [3.63, 3.8) is 0 Å². The summed E-state index contributed by atoms with van der Waals surface area (Å²) in [6.07, 6.45) is 45.5. The van der Waals surface area contributed by atoms with Crippen molar-refractivity contribution in [1.29, 1.82) is 0 Å². The molecule has 4 nitrogen and oxygen atoms in total. The largest absolute Gasteiger partial charge is 0.463 e. The van der Waals surface area contributed by atoms with Crippen LogP contribution < -0.4 is 0 Å². The van der Waals surface area contributed by atoms with E-state index in [1.54, 1.807) is 10.8 Å². The number of thioether (sulfide) groups is 1. The summed E-state index contributed by atoms with van der Waals surface area (Å²) in [7, 11) is 0. The molecule has 0 rings (SSSR count). The maximum absolute atomic E-state index is 11.8. The van der Waals surface area contributed by atoms with E-state index in [0.29, 0.717) is 13.2 Å². The van der Waals surface area contributed by atoms with Gasteiger partial charge in [-0.3, -0.25) is 0 Å². The van der Waals surface area contributed by atoms with E-state index in [1.807, 2.05) is 0 Å². The first kappa shape index (κ1) is 45.8. The molecule has 0 spiro atoms. The Morgan fingerprint density at radius 1 is 0.362 bits per heavy atom. The Labute approximate surface area is 297 Å². The van der Waals surface area contributed by atoms with Gasteiger partial charge in [-0.2, -0.15) is 0 Å². The van der Waals surface area contributed by atoms with E-state index in [0.717, 1.165) is 25.7 Å². The van der Waals surface area contributed by atoms with Gasteiger partial charge in [-0.1, -0.05) is 206 Å². The minimum atomic E-state index is -0.321. The van der Waals surface area contributed by atoms with E-state index in [1.165, 1.54) is 204 Å². The second kappa shape index (κ2) is 40.9. The van der Waals surface area contributed by atoms with E-state index >= 15 is 0 Å². The standard InChI is InChI=1S/C42H78O4S/c1-3-5-7-9-11-13-15-17-19-21-23-25-27-29-31-33-37-45-41(43)35-39-47-40-36-42(44)46-38-34-32-30-28-26-24-22-20-18-16-14-12-10-8-6-4-2/h35-36,39-40H,3-34,37-38H2,1-2H3. The first-order chi connectivity index (χ1) is 23.2. The van der Waals surface area contributed by atoms with E-state index in [9.17, 15) is 9.59 Å². The number of esters is 2. The molecule has 0 saturated heterocycles. The smallest absolute Gasteiger partial charge is 0.331 e. The Balaban J connectivity index is 3.37. The molecular weight excluding hydrogens is 601 g/mol. The zero-order valence-corrected chi connectivity index (χ0v) is 32.2. The molecule has 0 aliphatic carbocycles. The summed E-state index contributed by atoms with van der Waals surface area (Å²) in [5.41, 5.74) is 0. The van der Waals surface area contributed by atoms with Crippen LogP contribution >= 0.6 is 11.8 Å². The number of ether oxygens (including phenoxy) is 2. The third-order valence-corrected chi connectivity index (χ3v) is 9.64. The average molecular weight is 679 g/mol. The molecule has 0 aromatic carbocycles. The van der Waals surface area contributed by atoms with Crippen LogP contribution in [0.3, 0.4) is 0 Å². The normalized spacial score (nSPS) is 11.6. The van der Waals surface area contributed by atoms with E-state index in [2.05, 4.69) is 13.8 Å². The first-order valence-corrected chi connectivity index (χ1v) is 21.5. The molecule has 5 heteroatoms. The van der Waals surface area contributed by atoms with E-state index in [-0.39, 0.29) is 11.9 Å². The predicted octanol–water partition coefficient (Wildman–Crippen LogP) is 14.4. The summed E-state index contributed by atoms with van der Waals surface area (Å²) in [4.78, 5) is 23.7. The van der Waals surface area contributed by atoms with E-state index in [4.69, 9.17) is 9.47 Å². The lowest BCUT2D eigenvalue weighted by atomic mass is 10.0. The number of carbonyl (C=O) groups is 2. The van der Waals surface area contributed by atoms with Crippen molar-refractivity contribution in [3.8, 4) is 0 Å². The third kappa shape index (κ3) is 40.9. The molecule has 276 valence electrons. The monoisotopic (exact) mass is 679 g/mol. The Morgan fingerprint density at radius 3 is 0.809 bits per heavy atom. The van der Waals surface area contributed by atoms with Crippen LogP contribution in [-0.4, -0.2) is 25.2 Å². The second-order valence-corrected chi connectivity index (χ2v) is 14.5. The molecule has 0 aromatic heterocycles. The number of hydrogen-bond donors (Lipinski definition) is 0. The topological polar surface area (TPSA) is 52.6 Å². The van der Waals surface area contributed by atoms with Crippen LogP contribution in [0, 0.1) is 0 Å². The zero-order valence-electron chi connectivity index (χ0n) is 31.4. The number of hydrogen-bond acceptors (Lipinski definition) is 5. The summed E-state index contributed by atoms with van der Waals surface area (Å²) in [5, 5.41) is 3.30. The van der Waals surface area contributed by atoms with Gasteiger partial charge in [-0.15, -0.1) is 11.8 Å². The van der Waals surface area contributed by atoms with Gasteiger partial charge < -0.3 is 9.47 Å². The Kier molecular flexibility index (Phi) is 39.9. The molecule has 0 aliphatic heterocycles. The highest BCUT2D eigenvalue weighted by molar-refractivity contribution is 8.04. The van der Waals surface area contributed by atoms with Gasteiger partial charge >= 0.3 is 11.9 Å². The molecular formula is C42H78O4S. The molecule has 0 fully saturated rings. The van der Waals surface area contributed by atoms with Gasteiger partial charge in [0.1, 0.15) is 0 Å². The molecule has 0 amide bonds. The molecule has 0 N–H and O–H groups in total. The highest BCUT2D eigenvalue weighted by Gasteiger charge is 2.00. The van der Waals surface area contributed by atoms with Gasteiger partial charge in [0.25, 0.3) is 0 Å². The average Bonchev–Trinajstić information content (AvgIpc) is 3.07. The summed E-state index contributed by atoms with van der Waals surface area (Å²) >= 11 is 1.28. The molecule has 47 heavy (non-hydrogen) atoms. The van der Waals surface area contributed by atoms with Crippen LogP contribution in [0.5, 0.6) is 0 Å². The Bertz CT molecular complexity index is 647. The molecule has 0 atom stereocenters. The predicted molar refractivity (Wildman–Crippen MR) is 207 cm³/mol. The minimum absolute atomic E-state index is 0.321. The van der Waals surface area contributed by atoms with Crippen molar-refractivity contribution >= 4 is 23.7 Å². The maximum Gasteiger partial charge on any atom is 0.331 e. The van der Waals surface area contributed by atoms with Crippen molar-refractivity contribution in [2.75, 3.05) is 13.2 Å². The van der Waals surface area contributed by atoms with Crippen LogP contribution in [0.15, 0.2) is 23.0 Å². The highest BCUT2D eigenvalue weighted by atomic mass is 32.2. The van der Waals surface area contributed by atoms with Gasteiger partial charge in [-0.25, -0.2) is 9.59 Å². The van der Waals surface area contributed by atoms with Crippen molar-refractivity contribution in [2.24, 2.45) is 0 Å². The number of unbranched alkanes of at least 4 members (excludes halogenated alkanes) is 30. The summed E-state index contributed by atoms with van der Waals surface area (Å²) in [6.45, 7) is 5.52. The molecule has 0 unspecified atom stereocenters. The lowest BCUT2D eigenvalue weighted by Crippen LogP contribution is -2.02. The molecule has 0 radical (unpaired) electrons. The molecule has 0 aromatic rings. The van der Waals surface area contributed by atoms with Crippen molar-refractivity contribution in [3.05, 3.63) is 23.0 Å². The van der Waals surface area contributed by atoms with Gasteiger partial charge in [0.05, 0.1) is 13.2 Å². The lowest BCUT2D eigenvalue weighted by molar-refractivity contribution is -0.138. The summed E-state index contributed by atoms with van der Waals surface area (Å²) < 4.78 is 10.6. The van der Waals surface area contributed by atoms with Crippen LogP contribution in [-0.2, 0) is 19.1 Å². The summed E-state index contributed by atoms with van der Waals surface area (Å²) in [6, 6.07) is 0. The van der Waals surface area contributed by atoms with Gasteiger partial charge in [-0.05, 0) is 23.7 Å². The van der Waals surface area contributed by atoms with Crippen molar-refractivity contribution < 1.29 is 19.1 Å². The maximum atomic E-state index is 11.8. The second-order valence-electron chi connectivity index (χ2n) is 13.7. The SMILES string of the molecule is CCCCCCCCCCCCCCCCCCOC(=O)C=CSC=CC(=O)OCCCCCCCCCCCCCCCCCC. The van der Waals surface area contributed by atoms with Crippen LogP contribution in [0.25, 0.3) is 0 Å².